The lowest BCUT2D eigenvalue weighted by atomic mass is 9.81. The second kappa shape index (κ2) is 10.5. The van der Waals surface area contributed by atoms with Gasteiger partial charge in [0.1, 0.15) is 29.3 Å². The van der Waals surface area contributed by atoms with Crippen LogP contribution in [0.5, 0.6) is 17.2 Å². The molecule has 0 unspecified atom stereocenters. The van der Waals surface area contributed by atoms with Gasteiger partial charge in [0.2, 0.25) is 11.5 Å². The van der Waals surface area contributed by atoms with E-state index in [1.807, 2.05) is 0 Å². The number of rotatable bonds is 9. The van der Waals surface area contributed by atoms with Crippen LogP contribution in [0.15, 0.2) is 48.5 Å². The maximum absolute atomic E-state index is 14.6. The minimum atomic E-state index is -5.34. The van der Waals surface area contributed by atoms with Crippen molar-refractivity contribution in [2.75, 3.05) is 20.3 Å². The number of nitrogens with zero attached hydrogens (tertiary/aromatic N) is 1. The Morgan fingerprint density at radius 3 is 2.43 bits per heavy atom. The molecule has 222 valence electrons. The lowest BCUT2D eigenvalue weighted by Gasteiger charge is -2.31. The SMILES string of the molecule is COc1cc(C(=O)NC[C@](O)(c2cc3c(c(-c4ccc(F)cc4)n2)OC[C@]3(C)C(N)=O)C(F)(F)F)ccc1OC1CC1. The highest BCUT2D eigenvalue weighted by atomic mass is 19.4. The van der Waals surface area contributed by atoms with Crippen molar-refractivity contribution in [3.63, 3.8) is 0 Å². The molecule has 42 heavy (non-hydrogen) atoms. The van der Waals surface area contributed by atoms with Crippen molar-refractivity contribution in [1.29, 1.82) is 0 Å². The Morgan fingerprint density at radius 1 is 1.14 bits per heavy atom. The highest BCUT2D eigenvalue weighted by molar-refractivity contribution is 5.95. The molecule has 2 aromatic carbocycles. The molecule has 3 aromatic rings. The molecule has 0 bridgehead atoms. The topological polar surface area (TPSA) is 133 Å². The highest BCUT2D eigenvalue weighted by Crippen LogP contribution is 2.47. The number of amides is 2. The fraction of sp³-hybridized carbons (Fsp3) is 0.345. The van der Waals surface area contributed by atoms with Crippen LogP contribution in [0, 0.1) is 5.82 Å². The number of methoxy groups -OCH3 is 1. The maximum Gasteiger partial charge on any atom is 0.424 e. The van der Waals surface area contributed by atoms with Crippen LogP contribution in [0.3, 0.4) is 0 Å². The van der Waals surface area contributed by atoms with E-state index in [0.717, 1.165) is 31.0 Å². The van der Waals surface area contributed by atoms with Crippen LogP contribution in [0.2, 0.25) is 0 Å². The number of nitrogens with one attached hydrogen (secondary N) is 1. The number of fused-ring (bicyclic) bond motifs is 1. The van der Waals surface area contributed by atoms with Crippen molar-refractivity contribution in [2.24, 2.45) is 5.73 Å². The molecule has 13 heteroatoms. The number of nitrogens with two attached hydrogens (primary N) is 1. The molecule has 2 amide bonds. The van der Waals surface area contributed by atoms with Crippen LogP contribution in [0.25, 0.3) is 11.3 Å². The van der Waals surface area contributed by atoms with Crippen LogP contribution in [-0.2, 0) is 15.8 Å². The van der Waals surface area contributed by atoms with Gasteiger partial charge in [-0.1, -0.05) is 0 Å². The van der Waals surface area contributed by atoms with Gasteiger partial charge in [-0.15, -0.1) is 0 Å². The summed E-state index contributed by atoms with van der Waals surface area (Å²) in [5, 5.41) is 13.3. The number of hydrogen-bond acceptors (Lipinski definition) is 7. The van der Waals surface area contributed by atoms with E-state index in [1.54, 1.807) is 0 Å². The first-order valence-electron chi connectivity index (χ1n) is 12.9. The summed E-state index contributed by atoms with van der Waals surface area (Å²) in [5.41, 5.74) is -0.696. The Kier molecular flexibility index (Phi) is 7.25. The second-order valence-electron chi connectivity index (χ2n) is 10.4. The molecule has 0 spiro atoms. The van der Waals surface area contributed by atoms with E-state index in [-0.39, 0.29) is 46.6 Å². The minimum Gasteiger partial charge on any atom is -0.493 e. The molecule has 0 saturated heterocycles. The van der Waals surface area contributed by atoms with Crippen molar-refractivity contribution in [3.8, 4) is 28.5 Å². The number of halogens is 4. The third kappa shape index (κ3) is 5.20. The zero-order valence-corrected chi connectivity index (χ0v) is 22.5. The van der Waals surface area contributed by atoms with E-state index >= 15 is 0 Å². The summed E-state index contributed by atoms with van der Waals surface area (Å²) >= 11 is 0. The van der Waals surface area contributed by atoms with Crippen LogP contribution in [0.1, 0.15) is 41.4 Å². The molecule has 5 rings (SSSR count). The molecular formula is C29H27F4N3O6. The maximum atomic E-state index is 14.6. The van der Waals surface area contributed by atoms with E-state index in [4.69, 9.17) is 19.9 Å². The van der Waals surface area contributed by atoms with E-state index in [2.05, 4.69) is 10.3 Å². The zero-order chi connectivity index (χ0) is 30.4. The van der Waals surface area contributed by atoms with Gasteiger partial charge in [0.25, 0.3) is 5.91 Å². The number of ether oxygens (including phenoxy) is 3. The molecule has 2 heterocycles. The van der Waals surface area contributed by atoms with Gasteiger partial charge in [0.05, 0.1) is 25.5 Å². The van der Waals surface area contributed by atoms with Gasteiger partial charge in [0.15, 0.2) is 11.5 Å². The van der Waals surface area contributed by atoms with Gasteiger partial charge in [-0.25, -0.2) is 9.37 Å². The number of carbonyl (C=O) groups is 2. The van der Waals surface area contributed by atoms with Gasteiger partial charge in [-0.3, -0.25) is 9.59 Å². The monoisotopic (exact) mass is 589 g/mol. The number of aromatic nitrogens is 1. The minimum absolute atomic E-state index is 0.0270. The molecule has 0 radical (unpaired) electrons. The Labute approximate surface area is 237 Å². The predicted molar refractivity (Wildman–Crippen MR) is 141 cm³/mol. The Bertz CT molecular complexity index is 1540. The fourth-order valence-corrected chi connectivity index (χ4v) is 4.52. The summed E-state index contributed by atoms with van der Waals surface area (Å²) in [6.07, 6.45) is -3.54. The summed E-state index contributed by atoms with van der Waals surface area (Å²) in [7, 11) is 1.36. The lowest BCUT2D eigenvalue weighted by molar-refractivity contribution is -0.265. The summed E-state index contributed by atoms with van der Waals surface area (Å²) in [4.78, 5) is 29.4. The number of primary amides is 1. The second-order valence-corrected chi connectivity index (χ2v) is 10.4. The van der Waals surface area contributed by atoms with Crippen molar-refractivity contribution in [3.05, 3.63) is 71.2 Å². The first kappa shape index (κ1) is 29.1. The summed E-state index contributed by atoms with van der Waals surface area (Å²) in [5.74, 6) is -1.84. The smallest absolute Gasteiger partial charge is 0.424 e. The number of benzene rings is 2. The van der Waals surface area contributed by atoms with Gasteiger partial charge < -0.3 is 30.4 Å². The molecule has 1 aliphatic heterocycles. The summed E-state index contributed by atoms with van der Waals surface area (Å²) in [6.45, 7) is -0.237. The number of hydrogen-bond donors (Lipinski definition) is 3. The average Bonchev–Trinajstić information content (AvgIpc) is 3.71. The number of carbonyl (C=O) groups excluding carboxylic acids is 2. The average molecular weight is 590 g/mol. The summed E-state index contributed by atoms with van der Waals surface area (Å²) in [6, 6.07) is 9.73. The Morgan fingerprint density at radius 2 is 1.83 bits per heavy atom. The molecule has 1 aliphatic carbocycles. The van der Waals surface area contributed by atoms with Crippen LogP contribution in [-0.4, -0.2) is 54.4 Å². The van der Waals surface area contributed by atoms with Crippen LogP contribution >= 0.6 is 0 Å². The number of aliphatic hydroxyl groups is 1. The van der Waals surface area contributed by atoms with Crippen molar-refractivity contribution in [2.45, 2.75) is 43.1 Å². The van der Waals surface area contributed by atoms with E-state index < -0.39 is 47.1 Å². The van der Waals surface area contributed by atoms with Crippen molar-refractivity contribution in [1.82, 2.24) is 10.3 Å². The van der Waals surface area contributed by atoms with Crippen LogP contribution < -0.4 is 25.3 Å². The standard InChI is InChI=1S/C29H27F4N3O6/c1-27(26(34)38)14-41-24-19(27)12-22(36-23(24)15-3-6-17(30)7-4-15)28(39,29(31,32)33)13-35-25(37)16-5-10-20(21(11-16)40-2)42-18-8-9-18/h3-7,10-12,18,39H,8-9,13-14H2,1-2H3,(H2,34,38)(H,35,37)/t27-,28-/m0/s1. The Balaban J connectivity index is 1.53. The highest BCUT2D eigenvalue weighted by Gasteiger charge is 2.57. The molecule has 1 fully saturated rings. The molecular weight excluding hydrogens is 562 g/mol. The quantitative estimate of drug-likeness (QED) is 0.324. The molecule has 2 aliphatic rings. The van der Waals surface area contributed by atoms with Crippen LogP contribution in [0.4, 0.5) is 17.6 Å². The molecule has 4 N–H and O–H groups in total. The zero-order valence-electron chi connectivity index (χ0n) is 22.5. The Hall–Kier alpha value is -4.39. The van der Waals surface area contributed by atoms with Gasteiger partial charge >= 0.3 is 6.18 Å². The normalized spacial score (nSPS) is 19.3. The van der Waals surface area contributed by atoms with Gasteiger partial charge in [-0.05, 0) is 68.3 Å². The third-order valence-corrected chi connectivity index (χ3v) is 7.38. The molecule has 1 saturated carbocycles. The van der Waals surface area contributed by atoms with E-state index in [0.29, 0.717) is 5.75 Å². The van der Waals surface area contributed by atoms with E-state index in [9.17, 15) is 32.3 Å². The predicted octanol–water partition coefficient (Wildman–Crippen LogP) is 3.75. The largest absolute Gasteiger partial charge is 0.493 e. The van der Waals surface area contributed by atoms with Gasteiger partial charge in [-0.2, -0.15) is 13.2 Å². The molecule has 2 atom stereocenters. The number of alkyl halides is 3. The molecule has 9 nitrogen and oxygen atoms in total. The first-order chi connectivity index (χ1) is 19.8. The van der Waals surface area contributed by atoms with Crippen molar-refractivity contribution >= 4 is 11.8 Å². The fourth-order valence-electron chi connectivity index (χ4n) is 4.52. The number of pyridine rings is 1. The van der Waals surface area contributed by atoms with Gasteiger partial charge in [0, 0.05) is 16.7 Å². The van der Waals surface area contributed by atoms with E-state index in [1.165, 1.54) is 44.4 Å². The summed E-state index contributed by atoms with van der Waals surface area (Å²) < 4.78 is 74.0. The lowest BCUT2D eigenvalue weighted by Crippen LogP contribution is -2.51. The molecule has 1 aromatic heterocycles. The van der Waals surface area contributed by atoms with Crippen molar-refractivity contribution < 1.29 is 46.5 Å². The first-order valence-corrected chi connectivity index (χ1v) is 12.9. The third-order valence-electron chi connectivity index (χ3n) is 7.38.